The lowest BCUT2D eigenvalue weighted by Crippen LogP contribution is -2.03. The van der Waals surface area contributed by atoms with Gasteiger partial charge in [-0.1, -0.05) is 31.2 Å². The molecule has 0 aliphatic heterocycles. The highest BCUT2D eigenvalue weighted by Gasteiger charge is 2.25. The van der Waals surface area contributed by atoms with Gasteiger partial charge in [0, 0.05) is 19.8 Å². The molecule has 1 heterocycles. The molecule has 1 saturated carbocycles. The lowest BCUT2D eigenvalue weighted by Gasteiger charge is -2.10. The first kappa shape index (κ1) is 12.3. The molecule has 0 radical (unpaired) electrons. The summed E-state index contributed by atoms with van der Waals surface area (Å²) in [6.07, 6.45) is 5.74. The highest BCUT2D eigenvalue weighted by Crippen LogP contribution is 2.41. The van der Waals surface area contributed by atoms with Gasteiger partial charge in [-0.3, -0.25) is 4.68 Å². The van der Waals surface area contributed by atoms with Gasteiger partial charge < -0.3 is 5.32 Å². The minimum Gasteiger partial charge on any atom is -0.378 e. The SMILES string of the molecule is CCc1nn(C)cc1NCc1ccccc1C1CC1. The van der Waals surface area contributed by atoms with Gasteiger partial charge >= 0.3 is 0 Å². The summed E-state index contributed by atoms with van der Waals surface area (Å²) in [5, 5.41) is 8.01. The third-order valence-corrected chi connectivity index (χ3v) is 3.78. The molecule has 0 unspecified atom stereocenters. The van der Waals surface area contributed by atoms with Gasteiger partial charge in [0.2, 0.25) is 0 Å². The van der Waals surface area contributed by atoms with Crippen molar-refractivity contribution in [1.82, 2.24) is 9.78 Å². The Bertz CT molecular complexity index is 567. The molecule has 0 spiro atoms. The fourth-order valence-corrected chi connectivity index (χ4v) is 2.62. The third kappa shape index (κ3) is 2.65. The first-order valence-electron chi connectivity index (χ1n) is 7.12. The molecule has 1 fully saturated rings. The quantitative estimate of drug-likeness (QED) is 0.886. The molecule has 0 saturated heterocycles. The van der Waals surface area contributed by atoms with Crippen LogP contribution in [0.15, 0.2) is 30.5 Å². The normalized spacial score (nSPS) is 14.6. The Morgan fingerprint density at radius 2 is 2.11 bits per heavy atom. The maximum absolute atomic E-state index is 4.47. The number of nitrogens with zero attached hydrogens (tertiary/aromatic N) is 2. The Labute approximate surface area is 114 Å². The molecule has 1 aliphatic carbocycles. The summed E-state index contributed by atoms with van der Waals surface area (Å²) in [6, 6.07) is 8.80. The molecule has 2 aromatic rings. The van der Waals surface area contributed by atoms with E-state index in [0.717, 1.165) is 30.3 Å². The van der Waals surface area contributed by atoms with Crippen LogP contribution in [0.5, 0.6) is 0 Å². The first-order valence-corrected chi connectivity index (χ1v) is 7.12. The molecular formula is C16H21N3. The van der Waals surface area contributed by atoms with Crippen LogP contribution in [0.2, 0.25) is 0 Å². The van der Waals surface area contributed by atoms with E-state index in [1.165, 1.54) is 24.0 Å². The monoisotopic (exact) mass is 255 g/mol. The second kappa shape index (κ2) is 5.08. The second-order valence-corrected chi connectivity index (χ2v) is 5.34. The fourth-order valence-electron chi connectivity index (χ4n) is 2.62. The maximum Gasteiger partial charge on any atom is 0.0853 e. The Balaban J connectivity index is 1.75. The average molecular weight is 255 g/mol. The van der Waals surface area contributed by atoms with Crippen molar-refractivity contribution >= 4 is 5.69 Å². The minimum absolute atomic E-state index is 0.803. The highest BCUT2D eigenvalue weighted by atomic mass is 15.3. The lowest BCUT2D eigenvalue weighted by molar-refractivity contribution is 0.746. The van der Waals surface area contributed by atoms with Gasteiger partial charge in [-0.15, -0.1) is 0 Å². The zero-order valence-corrected chi connectivity index (χ0v) is 11.7. The maximum atomic E-state index is 4.47. The molecule has 3 heteroatoms. The first-order chi connectivity index (χ1) is 9.28. The third-order valence-electron chi connectivity index (χ3n) is 3.78. The molecule has 0 bridgehead atoms. The number of rotatable bonds is 5. The van der Waals surface area contributed by atoms with Gasteiger partial charge in [-0.2, -0.15) is 5.10 Å². The number of benzene rings is 1. The van der Waals surface area contributed by atoms with Crippen LogP contribution in [0.25, 0.3) is 0 Å². The van der Waals surface area contributed by atoms with Crippen LogP contribution >= 0.6 is 0 Å². The molecular weight excluding hydrogens is 234 g/mol. The van der Waals surface area contributed by atoms with E-state index in [0.29, 0.717) is 0 Å². The summed E-state index contributed by atoms with van der Waals surface area (Å²) in [6.45, 7) is 3.04. The largest absolute Gasteiger partial charge is 0.378 e. The van der Waals surface area contributed by atoms with Crippen molar-refractivity contribution in [3.05, 3.63) is 47.3 Å². The molecule has 100 valence electrons. The number of hydrogen-bond acceptors (Lipinski definition) is 2. The molecule has 3 rings (SSSR count). The van der Waals surface area contributed by atoms with E-state index >= 15 is 0 Å². The summed E-state index contributed by atoms with van der Waals surface area (Å²) in [5.74, 6) is 0.803. The van der Waals surface area contributed by atoms with Gasteiger partial charge in [-0.25, -0.2) is 0 Å². The van der Waals surface area contributed by atoms with E-state index in [1.54, 1.807) is 0 Å². The number of hydrogen-bond donors (Lipinski definition) is 1. The molecule has 1 N–H and O–H groups in total. The van der Waals surface area contributed by atoms with Crippen LogP contribution in [0.4, 0.5) is 5.69 Å². The lowest BCUT2D eigenvalue weighted by atomic mass is 10.0. The van der Waals surface area contributed by atoms with E-state index in [9.17, 15) is 0 Å². The van der Waals surface area contributed by atoms with Crippen LogP contribution in [-0.4, -0.2) is 9.78 Å². The summed E-state index contributed by atoms with van der Waals surface area (Å²) in [5.41, 5.74) is 5.26. The van der Waals surface area contributed by atoms with Gasteiger partial charge in [-0.05, 0) is 36.3 Å². The molecule has 1 aromatic heterocycles. The summed E-state index contributed by atoms with van der Waals surface area (Å²) in [4.78, 5) is 0. The Morgan fingerprint density at radius 3 is 2.84 bits per heavy atom. The summed E-state index contributed by atoms with van der Waals surface area (Å²) < 4.78 is 1.88. The van der Waals surface area contributed by atoms with Crippen molar-refractivity contribution in [2.24, 2.45) is 7.05 Å². The minimum atomic E-state index is 0.803. The molecule has 19 heavy (non-hydrogen) atoms. The fraction of sp³-hybridized carbons (Fsp3) is 0.438. The van der Waals surface area contributed by atoms with Gasteiger partial charge in [0.15, 0.2) is 0 Å². The van der Waals surface area contributed by atoms with Crippen LogP contribution in [0, 0.1) is 0 Å². The zero-order valence-electron chi connectivity index (χ0n) is 11.7. The summed E-state index contributed by atoms with van der Waals surface area (Å²) >= 11 is 0. The standard InChI is InChI=1S/C16H21N3/c1-3-15-16(11-19(2)18-15)17-10-13-6-4-5-7-14(13)12-8-9-12/h4-7,11-12,17H,3,8-10H2,1-2H3. The molecule has 0 atom stereocenters. The van der Waals surface area contributed by atoms with Crippen LogP contribution in [0.3, 0.4) is 0 Å². The van der Waals surface area contributed by atoms with Crippen LogP contribution in [-0.2, 0) is 20.0 Å². The summed E-state index contributed by atoms with van der Waals surface area (Å²) in [7, 11) is 1.97. The number of anilines is 1. The van der Waals surface area contributed by atoms with Crippen LogP contribution < -0.4 is 5.32 Å². The van der Waals surface area contributed by atoms with E-state index in [4.69, 9.17) is 0 Å². The van der Waals surface area contributed by atoms with E-state index in [1.807, 2.05) is 11.7 Å². The molecule has 3 nitrogen and oxygen atoms in total. The Morgan fingerprint density at radius 1 is 1.32 bits per heavy atom. The van der Waals surface area contributed by atoms with E-state index < -0.39 is 0 Å². The van der Waals surface area contributed by atoms with Crippen LogP contribution in [0.1, 0.15) is 42.5 Å². The number of nitrogens with one attached hydrogen (secondary N) is 1. The van der Waals surface area contributed by atoms with Crippen molar-refractivity contribution in [3.63, 3.8) is 0 Å². The zero-order chi connectivity index (χ0) is 13.2. The molecule has 1 aliphatic rings. The van der Waals surface area contributed by atoms with Gasteiger partial charge in [0.1, 0.15) is 0 Å². The van der Waals surface area contributed by atoms with E-state index in [2.05, 4.69) is 47.8 Å². The average Bonchev–Trinajstić information content (AvgIpc) is 3.20. The van der Waals surface area contributed by atoms with Crippen molar-refractivity contribution in [1.29, 1.82) is 0 Å². The van der Waals surface area contributed by atoms with Crippen molar-refractivity contribution in [3.8, 4) is 0 Å². The molecule has 0 amide bonds. The predicted molar refractivity (Wildman–Crippen MR) is 78.3 cm³/mol. The number of aromatic nitrogens is 2. The van der Waals surface area contributed by atoms with Gasteiger partial charge in [0.05, 0.1) is 11.4 Å². The van der Waals surface area contributed by atoms with E-state index in [-0.39, 0.29) is 0 Å². The van der Waals surface area contributed by atoms with Gasteiger partial charge in [0.25, 0.3) is 0 Å². The van der Waals surface area contributed by atoms with Crippen molar-refractivity contribution in [2.75, 3.05) is 5.32 Å². The smallest absolute Gasteiger partial charge is 0.0853 e. The Kier molecular flexibility index (Phi) is 3.28. The highest BCUT2D eigenvalue weighted by molar-refractivity contribution is 5.47. The number of aryl methyl sites for hydroxylation is 2. The second-order valence-electron chi connectivity index (χ2n) is 5.34. The van der Waals surface area contributed by atoms with Crippen molar-refractivity contribution in [2.45, 2.75) is 38.6 Å². The predicted octanol–water partition coefficient (Wildman–Crippen LogP) is 3.47. The van der Waals surface area contributed by atoms with Crippen molar-refractivity contribution < 1.29 is 0 Å². The Hall–Kier alpha value is -1.77. The molecule has 1 aromatic carbocycles. The topological polar surface area (TPSA) is 29.9 Å².